The Morgan fingerprint density at radius 1 is 0.776 bits per heavy atom. The number of hydrogen-bond acceptors (Lipinski definition) is 7. The SMILES string of the molecule is O=S(=O)(CNCCOc1ccc(CC2CN(C(c3ccccc3)(c3ccccc3)c3ccccc3)CS2)cc1)c1cccc2cnccc12. The molecule has 1 saturated heterocycles. The maximum atomic E-state index is 13.0. The van der Waals surface area contributed by atoms with Crippen molar-refractivity contribution in [3.05, 3.63) is 174 Å². The Hall–Kier alpha value is -4.47. The molecule has 248 valence electrons. The molecule has 1 atom stereocenters. The summed E-state index contributed by atoms with van der Waals surface area (Å²) in [5, 5.41) is 4.96. The van der Waals surface area contributed by atoms with E-state index in [1.54, 1.807) is 30.6 Å². The molecule has 0 radical (unpaired) electrons. The van der Waals surface area contributed by atoms with Gasteiger partial charge in [0.2, 0.25) is 0 Å². The average molecular weight is 686 g/mol. The summed E-state index contributed by atoms with van der Waals surface area (Å²) in [6.07, 6.45) is 4.25. The van der Waals surface area contributed by atoms with Crippen molar-refractivity contribution >= 4 is 32.4 Å². The summed E-state index contributed by atoms with van der Waals surface area (Å²) in [5.74, 6) is 1.53. The van der Waals surface area contributed by atoms with E-state index in [2.05, 4.69) is 118 Å². The molecule has 6 nitrogen and oxygen atoms in total. The van der Waals surface area contributed by atoms with Gasteiger partial charge in [-0.25, -0.2) is 8.42 Å². The van der Waals surface area contributed by atoms with Gasteiger partial charge in [-0.3, -0.25) is 15.2 Å². The fraction of sp³-hybridized carbons (Fsp3) is 0.195. The van der Waals surface area contributed by atoms with Crippen LogP contribution in [0.15, 0.2) is 157 Å². The largest absolute Gasteiger partial charge is 0.492 e. The normalized spacial score (nSPS) is 15.4. The molecule has 8 heteroatoms. The zero-order valence-corrected chi connectivity index (χ0v) is 28.8. The number of benzene rings is 5. The third kappa shape index (κ3) is 7.14. The molecular formula is C41H39N3O3S2. The standard InChI is InChI=1S/C41H39N3O3S2/c45-49(46,40-18-10-11-33-28-42-24-23-39(33)40)30-43-25-26-47-37-21-19-32(20-22-37)27-38-29-44(31-48-38)41(34-12-4-1-5-13-34,35-14-6-2-7-15-35)36-16-8-3-9-17-36/h1-24,28,38,43H,25-27,29-31H2. The van der Waals surface area contributed by atoms with Gasteiger partial charge < -0.3 is 4.74 Å². The van der Waals surface area contributed by atoms with E-state index in [-0.39, 0.29) is 5.88 Å². The molecule has 5 aromatic carbocycles. The number of rotatable bonds is 13. The Labute approximate surface area is 293 Å². The van der Waals surface area contributed by atoms with Crippen molar-refractivity contribution in [2.45, 2.75) is 22.1 Å². The van der Waals surface area contributed by atoms with Crippen LogP contribution < -0.4 is 10.1 Å². The summed E-state index contributed by atoms with van der Waals surface area (Å²) >= 11 is 2.01. The van der Waals surface area contributed by atoms with Crippen molar-refractivity contribution in [3.8, 4) is 5.75 Å². The van der Waals surface area contributed by atoms with Gasteiger partial charge in [0.1, 0.15) is 18.2 Å². The Bertz CT molecular complexity index is 1980. The summed E-state index contributed by atoms with van der Waals surface area (Å²) in [5.41, 5.74) is 4.68. The van der Waals surface area contributed by atoms with E-state index in [9.17, 15) is 8.42 Å². The number of pyridine rings is 1. The minimum absolute atomic E-state index is 0.160. The van der Waals surface area contributed by atoms with Gasteiger partial charge in [0, 0.05) is 47.4 Å². The molecule has 0 bridgehead atoms. The average Bonchev–Trinajstić information content (AvgIpc) is 3.62. The number of nitrogens with one attached hydrogen (secondary N) is 1. The van der Waals surface area contributed by atoms with Crippen LogP contribution in [0.3, 0.4) is 0 Å². The fourth-order valence-electron chi connectivity index (χ4n) is 6.86. The Balaban J connectivity index is 0.972. The zero-order valence-electron chi connectivity index (χ0n) is 27.2. The molecule has 1 aromatic heterocycles. The number of nitrogens with zero attached hydrogens (tertiary/aromatic N) is 2. The van der Waals surface area contributed by atoms with Crippen molar-refractivity contribution < 1.29 is 13.2 Å². The highest BCUT2D eigenvalue weighted by atomic mass is 32.2. The number of fused-ring (bicyclic) bond motifs is 1. The second-order valence-electron chi connectivity index (χ2n) is 12.3. The van der Waals surface area contributed by atoms with Crippen molar-refractivity contribution in [2.24, 2.45) is 0 Å². The second-order valence-corrected chi connectivity index (χ2v) is 15.5. The van der Waals surface area contributed by atoms with Crippen LogP contribution in [0.2, 0.25) is 0 Å². The van der Waals surface area contributed by atoms with Gasteiger partial charge in [-0.05, 0) is 52.9 Å². The minimum atomic E-state index is -3.51. The van der Waals surface area contributed by atoms with Gasteiger partial charge in [-0.1, -0.05) is 115 Å². The lowest BCUT2D eigenvalue weighted by molar-refractivity contribution is 0.202. The van der Waals surface area contributed by atoms with Gasteiger partial charge in [0.15, 0.2) is 9.84 Å². The molecule has 0 saturated carbocycles. The quantitative estimate of drug-likeness (QED) is 0.0995. The molecule has 1 N–H and O–H groups in total. The summed E-state index contributed by atoms with van der Waals surface area (Å²) < 4.78 is 32.0. The van der Waals surface area contributed by atoms with E-state index >= 15 is 0 Å². The van der Waals surface area contributed by atoms with E-state index in [0.29, 0.717) is 28.7 Å². The molecular weight excluding hydrogens is 647 g/mol. The molecule has 49 heavy (non-hydrogen) atoms. The van der Waals surface area contributed by atoms with E-state index < -0.39 is 15.4 Å². The third-order valence-corrected chi connectivity index (χ3v) is 12.0. The number of thioether (sulfide) groups is 1. The number of ether oxygens (including phenoxy) is 1. The Morgan fingerprint density at radius 3 is 2.04 bits per heavy atom. The van der Waals surface area contributed by atoms with Crippen LogP contribution in [-0.2, 0) is 21.8 Å². The van der Waals surface area contributed by atoms with Crippen LogP contribution in [0.25, 0.3) is 10.8 Å². The number of hydrogen-bond donors (Lipinski definition) is 1. The molecule has 0 amide bonds. The third-order valence-electron chi connectivity index (χ3n) is 9.14. The molecule has 1 unspecified atom stereocenters. The summed E-state index contributed by atoms with van der Waals surface area (Å²) in [6.45, 7) is 1.72. The summed E-state index contributed by atoms with van der Waals surface area (Å²) in [4.78, 5) is 7.05. The molecule has 1 aliphatic heterocycles. The van der Waals surface area contributed by atoms with Crippen LogP contribution in [-0.4, -0.2) is 55.0 Å². The van der Waals surface area contributed by atoms with Crippen LogP contribution >= 0.6 is 11.8 Å². The smallest absolute Gasteiger partial charge is 0.191 e. The predicted octanol–water partition coefficient (Wildman–Crippen LogP) is 7.54. The molecule has 1 aliphatic rings. The molecule has 2 heterocycles. The first kappa shape index (κ1) is 33.0. The lowest BCUT2D eigenvalue weighted by Crippen LogP contribution is -2.47. The lowest BCUT2D eigenvalue weighted by atomic mass is 9.75. The topological polar surface area (TPSA) is 71.5 Å². The van der Waals surface area contributed by atoms with Crippen molar-refractivity contribution in [1.29, 1.82) is 0 Å². The Kier molecular flexibility index (Phi) is 10.1. The highest BCUT2D eigenvalue weighted by Gasteiger charge is 2.45. The van der Waals surface area contributed by atoms with Gasteiger partial charge >= 0.3 is 0 Å². The number of sulfone groups is 1. The van der Waals surface area contributed by atoms with Crippen LogP contribution in [0.1, 0.15) is 22.3 Å². The van der Waals surface area contributed by atoms with E-state index in [1.807, 2.05) is 30.0 Å². The monoisotopic (exact) mass is 685 g/mol. The highest BCUT2D eigenvalue weighted by molar-refractivity contribution is 8.00. The first-order valence-electron chi connectivity index (χ1n) is 16.6. The lowest BCUT2D eigenvalue weighted by Gasteiger charge is -2.43. The number of aromatic nitrogens is 1. The maximum absolute atomic E-state index is 13.0. The van der Waals surface area contributed by atoms with Crippen molar-refractivity contribution in [1.82, 2.24) is 15.2 Å². The van der Waals surface area contributed by atoms with Crippen LogP contribution in [0.5, 0.6) is 5.75 Å². The first-order valence-corrected chi connectivity index (χ1v) is 19.3. The molecule has 6 aromatic rings. The summed E-state index contributed by atoms with van der Waals surface area (Å²) in [6, 6.07) is 48.0. The molecule has 0 aliphatic carbocycles. The predicted molar refractivity (Wildman–Crippen MR) is 200 cm³/mol. The molecule has 1 fully saturated rings. The second kappa shape index (κ2) is 15.0. The maximum Gasteiger partial charge on any atom is 0.191 e. The van der Waals surface area contributed by atoms with E-state index in [4.69, 9.17) is 4.74 Å². The van der Waals surface area contributed by atoms with Gasteiger partial charge in [0.05, 0.1) is 10.4 Å². The van der Waals surface area contributed by atoms with Crippen LogP contribution in [0, 0.1) is 0 Å². The first-order chi connectivity index (χ1) is 24.0. The highest BCUT2D eigenvalue weighted by Crippen LogP contribution is 2.46. The zero-order chi connectivity index (χ0) is 33.5. The van der Waals surface area contributed by atoms with Gasteiger partial charge in [0.25, 0.3) is 0 Å². The van der Waals surface area contributed by atoms with Gasteiger partial charge in [-0.2, -0.15) is 0 Å². The minimum Gasteiger partial charge on any atom is -0.492 e. The Morgan fingerprint density at radius 2 is 1.41 bits per heavy atom. The van der Waals surface area contributed by atoms with Crippen molar-refractivity contribution in [3.63, 3.8) is 0 Å². The van der Waals surface area contributed by atoms with Crippen LogP contribution in [0.4, 0.5) is 0 Å². The van der Waals surface area contributed by atoms with Gasteiger partial charge in [-0.15, -0.1) is 11.8 Å². The summed E-state index contributed by atoms with van der Waals surface area (Å²) in [7, 11) is -3.51. The van der Waals surface area contributed by atoms with E-state index in [0.717, 1.165) is 30.0 Å². The van der Waals surface area contributed by atoms with E-state index in [1.165, 1.54) is 22.3 Å². The molecule has 0 spiro atoms. The molecule has 7 rings (SSSR count). The fourth-order valence-corrected chi connectivity index (χ4v) is 9.52. The van der Waals surface area contributed by atoms with Crippen molar-refractivity contribution in [2.75, 3.05) is 31.4 Å².